The zero-order chi connectivity index (χ0) is 31.1. The number of likely N-dealkylation sites (N-methyl/N-ethyl adjacent to an activating group) is 1. The van der Waals surface area contributed by atoms with Crippen molar-refractivity contribution in [3.8, 4) is 5.75 Å². The zero-order valence-corrected chi connectivity index (χ0v) is 26.5. The summed E-state index contributed by atoms with van der Waals surface area (Å²) in [5.74, 6) is 2.38. The van der Waals surface area contributed by atoms with Gasteiger partial charge in [0.25, 0.3) is 0 Å². The van der Waals surface area contributed by atoms with Crippen LogP contribution in [0, 0.1) is 0 Å². The lowest BCUT2D eigenvalue weighted by atomic mass is 10.0. The van der Waals surface area contributed by atoms with Gasteiger partial charge < -0.3 is 30.2 Å². The molecular weight excluding hydrogens is 592 g/mol. The number of aromatic amines is 1. The number of aromatic nitrogens is 5. The third-order valence-electron chi connectivity index (χ3n) is 8.86. The lowest BCUT2D eigenvalue weighted by molar-refractivity contribution is 0.0981. The van der Waals surface area contributed by atoms with Gasteiger partial charge in [-0.3, -0.25) is 4.90 Å². The summed E-state index contributed by atoms with van der Waals surface area (Å²) in [4.78, 5) is 24.8. The fourth-order valence-electron chi connectivity index (χ4n) is 6.39. The summed E-state index contributed by atoms with van der Waals surface area (Å²) < 4.78 is 32.0. The summed E-state index contributed by atoms with van der Waals surface area (Å²) in [6, 6.07) is 11.8. The van der Waals surface area contributed by atoms with E-state index in [1.807, 2.05) is 30.3 Å². The number of piperazine rings is 1. The van der Waals surface area contributed by atoms with Gasteiger partial charge in [0.1, 0.15) is 28.7 Å². The minimum absolute atomic E-state index is 0.332. The van der Waals surface area contributed by atoms with Crippen molar-refractivity contribution in [3.63, 3.8) is 0 Å². The lowest BCUT2D eigenvalue weighted by Gasteiger charge is -2.42. The Kier molecular flexibility index (Phi) is 7.71. The number of H-pyrrole nitrogens is 1. The van der Waals surface area contributed by atoms with E-state index in [1.54, 1.807) is 31.8 Å². The van der Waals surface area contributed by atoms with Gasteiger partial charge in [-0.25, -0.2) is 17.4 Å². The monoisotopic (exact) mass is 630 g/mol. The predicted molar refractivity (Wildman–Crippen MR) is 178 cm³/mol. The van der Waals surface area contributed by atoms with Crippen LogP contribution in [0.3, 0.4) is 0 Å². The van der Waals surface area contributed by atoms with Crippen molar-refractivity contribution in [2.24, 2.45) is 0 Å². The molecule has 0 saturated carbocycles. The van der Waals surface area contributed by atoms with Crippen molar-refractivity contribution in [1.82, 2.24) is 33.7 Å². The van der Waals surface area contributed by atoms with E-state index in [1.165, 1.54) is 10.2 Å². The number of ether oxygens (including phenoxy) is 1. The number of rotatable bonds is 8. The summed E-state index contributed by atoms with van der Waals surface area (Å²) in [5, 5.41) is 8.19. The number of hydrogen-bond donors (Lipinski definition) is 3. The number of benzene rings is 1. The summed E-state index contributed by atoms with van der Waals surface area (Å²) in [6.45, 7) is 6.47. The summed E-state index contributed by atoms with van der Waals surface area (Å²) in [7, 11) is 0.325. The van der Waals surface area contributed by atoms with E-state index in [-0.39, 0.29) is 0 Å². The third kappa shape index (κ3) is 5.88. The first-order valence-corrected chi connectivity index (χ1v) is 17.0. The molecule has 5 aromatic rings. The van der Waals surface area contributed by atoms with Crippen LogP contribution in [-0.2, 0) is 10.0 Å². The highest BCUT2D eigenvalue weighted by atomic mass is 32.2. The van der Waals surface area contributed by atoms with Crippen LogP contribution in [0.25, 0.3) is 21.9 Å². The predicted octanol–water partition coefficient (Wildman–Crippen LogP) is 3.83. The molecule has 0 radical (unpaired) electrons. The molecule has 2 saturated heterocycles. The molecule has 0 aliphatic carbocycles. The second-order valence-electron chi connectivity index (χ2n) is 11.8. The van der Waals surface area contributed by atoms with E-state index in [0.717, 1.165) is 68.7 Å². The topological polar surface area (TPSA) is 137 Å². The van der Waals surface area contributed by atoms with Gasteiger partial charge in [-0.2, -0.15) is 9.97 Å². The summed E-state index contributed by atoms with van der Waals surface area (Å²) >= 11 is 0. The van der Waals surface area contributed by atoms with Crippen LogP contribution in [0.5, 0.6) is 5.75 Å². The maximum Gasteiger partial charge on any atom is 0.236 e. The average molecular weight is 631 g/mol. The molecule has 2 fully saturated rings. The normalized spacial score (nSPS) is 17.3. The Labute approximate surface area is 262 Å². The molecular formula is C31H38N10O3S. The molecule has 6 heterocycles. The Morgan fingerprint density at radius 3 is 2.53 bits per heavy atom. The molecule has 45 heavy (non-hydrogen) atoms. The van der Waals surface area contributed by atoms with E-state index in [0.29, 0.717) is 46.1 Å². The van der Waals surface area contributed by atoms with Gasteiger partial charge in [0, 0.05) is 69.2 Å². The third-order valence-corrected chi connectivity index (χ3v) is 9.88. The van der Waals surface area contributed by atoms with Gasteiger partial charge >= 0.3 is 0 Å². The van der Waals surface area contributed by atoms with E-state index in [4.69, 9.17) is 14.7 Å². The minimum atomic E-state index is -3.51. The van der Waals surface area contributed by atoms with E-state index in [2.05, 4.69) is 42.3 Å². The second kappa shape index (κ2) is 11.8. The Balaban J connectivity index is 1.12. The van der Waals surface area contributed by atoms with Gasteiger partial charge in [-0.15, -0.1) is 0 Å². The maximum atomic E-state index is 12.5. The highest BCUT2D eigenvalue weighted by Gasteiger charge is 2.27. The molecule has 2 aliphatic heterocycles. The fourth-order valence-corrected chi connectivity index (χ4v) is 7.21. The van der Waals surface area contributed by atoms with Gasteiger partial charge in [0.15, 0.2) is 0 Å². The molecule has 2 aliphatic rings. The summed E-state index contributed by atoms with van der Waals surface area (Å²) in [6.07, 6.45) is 8.53. The smallest absolute Gasteiger partial charge is 0.236 e. The lowest BCUT2D eigenvalue weighted by Crippen LogP contribution is -2.52. The molecule has 7 rings (SSSR count). The fraction of sp³-hybridized carbons (Fsp3) is 0.387. The molecule has 13 nitrogen and oxygen atoms in total. The zero-order valence-electron chi connectivity index (χ0n) is 25.7. The van der Waals surface area contributed by atoms with Crippen molar-refractivity contribution >= 4 is 60.9 Å². The molecule has 1 aromatic carbocycles. The van der Waals surface area contributed by atoms with Crippen LogP contribution >= 0.6 is 0 Å². The first-order chi connectivity index (χ1) is 21.8. The maximum absolute atomic E-state index is 12.5. The quantitative estimate of drug-likeness (QED) is 0.231. The van der Waals surface area contributed by atoms with Crippen LogP contribution < -0.4 is 20.3 Å². The van der Waals surface area contributed by atoms with Crippen molar-refractivity contribution < 1.29 is 13.2 Å². The van der Waals surface area contributed by atoms with Gasteiger partial charge in [0.2, 0.25) is 16.0 Å². The van der Waals surface area contributed by atoms with Crippen LogP contribution in [-0.4, -0.2) is 108 Å². The number of anilines is 5. The molecule has 0 spiro atoms. The van der Waals surface area contributed by atoms with Gasteiger partial charge in [-0.05, 0) is 38.1 Å². The first kappa shape index (κ1) is 29.3. The van der Waals surface area contributed by atoms with E-state index in [9.17, 15) is 8.42 Å². The van der Waals surface area contributed by atoms with E-state index < -0.39 is 10.0 Å². The van der Waals surface area contributed by atoms with Crippen LogP contribution in [0.15, 0.2) is 55.0 Å². The second-order valence-corrected chi connectivity index (χ2v) is 13.7. The Morgan fingerprint density at radius 2 is 1.78 bits per heavy atom. The highest BCUT2D eigenvalue weighted by Crippen LogP contribution is 2.34. The van der Waals surface area contributed by atoms with Gasteiger partial charge in [-0.1, -0.05) is 12.1 Å². The molecule has 236 valence electrons. The van der Waals surface area contributed by atoms with Crippen LogP contribution in [0.1, 0.15) is 12.8 Å². The number of methoxy groups -OCH3 is 1. The van der Waals surface area contributed by atoms with Crippen molar-refractivity contribution in [2.45, 2.75) is 18.9 Å². The highest BCUT2D eigenvalue weighted by molar-refractivity contribution is 7.89. The number of nitrogens with one attached hydrogen (secondary N) is 3. The van der Waals surface area contributed by atoms with Crippen LogP contribution in [0.4, 0.5) is 29.0 Å². The number of piperidine rings is 1. The molecule has 4 aromatic heterocycles. The standard InChI is InChI=1S/C31H38N10O3S/c1-38-15-17-39(18-16-38)22-9-12-40(13-10-22)27-19-26(44-2)25(20-33-27)35-31-36-29-23(7-11-32-29)30(37-31)34-24-6-4-5-21-8-14-41(28(21)24)45(3,42)43/h4-8,11,14,19-20,22H,9-10,12-13,15-18H2,1-3H3,(H3,32,34,35,36,37). The number of fused-ring (bicyclic) bond motifs is 2. The average Bonchev–Trinajstić information content (AvgIpc) is 3.70. The molecule has 3 N–H and O–H groups in total. The number of pyridine rings is 1. The SMILES string of the molecule is COc1cc(N2CCC(N3CCN(C)CC3)CC2)ncc1Nc1nc(Nc2cccc3ccn(S(C)(=O)=O)c23)c2cc[nH]c2n1. The summed E-state index contributed by atoms with van der Waals surface area (Å²) in [5.41, 5.74) is 2.41. The van der Waals surface area contributed by atoms with Crippen molar-refractivity contribution in [2.75, 3.05) is 75.2 Å². The number of nitrogens with zero attached hydrogens (tertiary/aromatic N) is 7. The molecule has 14 heteroatoms. The Hall–Kier alpha value is -4.40. The van der Waals surface area contributed by atoms with Crippen LogP contribution in [0.2, 0.25) is 0 Å². The largest absolute Gasteiger partial charge is 0.494 e. The molecule has 0 unspecified atom stereocenters. The molecule has 0 atom stereocenters. The van der Waals surface area contributed by atoms with Crippen molar-refractivity contribution in [3.05, 3.63) is 55.0 Å². The first-order valence-electron chi connectivity index (χ1n) is 15.2. The Morgan fingerprint density at radius 1 is 0.978 bits per heavy atom. The van der Waals surface area contributed by atoms with Crippen molar-refractivity contribution in [1.29, 1.82) is 0 Å². The molecule has 0 bridgehead atoms. The number of para-hydroxylation sites is 1. The van der Waals surface area contributed by atoms with Gasteiger partial charge in [0.05, 0.1) is 36.2 Å². The minimum Gasteiger partial charge on any atom is -0.494 e. The van der Waals surface area contributed by atoms with E-state index >= 15 is 0 Å². The molecule has 0 amide bonds. The number of hydrogen-bond acceptors (Lipinski definition) is 11. The Bertz CT molecular complexity index is 1940.